The molecule has 1 aliphatic rings. The Morgan fingerprint density at radius 2 is 2.05 bits per heavy atom. The fourth-order valence-corrected chi connectivity index (χ4v) is 3.44. The second-order valence-corrected chi connectivity index (χ2v) is 6.74. The molecule has 1 aromatic rings. The number of hydrogen-bond donors (Lipinski definition) is 2. The third-order valence-electron chi connectivity index (χ3n) is 3.69. The predicted octanol–water partition coefficient (Wildman–Crippen LogP) is 1.20. The van der Waals surface area contributed by atoms with Crippen LogP contribution in [0.3, 0.4) is 0 Å². The number of methoxy groups -OCH3 is 1. The molecule has 0 spiro atoms. The van der Waals surface area contributed by atoms with Crippen molar-refractivity contribution in [1.82, 2.24) is 4.72 Å². The summed E-state index contributed by atoms with van der Waals surface area (Å²) >= 11 is 0. The lowest BCUT2D eigenvalue weighted by molar-refractivity contribution is -0.118. The summed E-state index contributed by atoms with van der Waals surface area (Å²) in [4.78, 5) is 0.238. The normalized spacial score (nSPS) is 25.4. The van der Waals surface area contributed by atoms with Gasteiger partial charge in [0.15, 0.2) is 0 Å². The molecule has 0 aliphatic heterocycles. The number of hydrogen-bond acceptors (Lipinski definition) is 5. The molecule has 21 heavy (non-hydrogen) atoms. The minimum Gasteiger partial charge on any atom is -0.378 e. The van der Waals surface area contributed by atoms with Gasteiger partial charge in [-0.2, -0.15) is 0 Å². The van der Waals surface area contributed by atoms with Crippen molar-refractivity contribution < 1.29 is 17.9 Å². The minimum absolute atomic E-state index is 0.0414. The lowest BCUT2D eigenvalue weighted by atomic mass is 9.85. The topological polar surface area (TPSA) is 76.7 Å². The lowest BCUT2D eigenvalue weighted by Crippen LogP contribution is -2.57. The molecule has 0 heterocycles. The largest absolute Gasteiger partial charge is 0.378 e. The molecule has 0 amide bonds. The van der Waals surface area contributed by atoms with Gasteiger partial charge in [0.1, 0.15) is 11.0 Å². The number of sulfonamides is 1. The molecule has 1 saturated carbocycles. The summed E-state index contributed by atoms with van der Waals surface area (Å²) in [5, 5.41) is 3.25. The van der Waals surface area contributed by atoms with E-state index in [-0.39, 0.29) is 23.1 Å². The SMILES string of the molecule is CCOC1CC(Nc2ccccc2S(=O)(=O)NC)C1OC. The Bertz CT molecular complexity index is 576. The van der Waals surface area contributed by atoms with Crippen molar-refractivity contribution in [1.29, 1.82) is 0 Å². The Labute approximate surface area is 125 Å². The molecule has 0 bridgehead atoms. The Morgan fingerprint density at radius 1 is 1.33 bits per heavy atom. The molecule has 3 unspecified atom stereocenters. The zero-order valence-corrected chi connectivity index (χ0v) is 13.3. The van der Waals surface area contributed by atoms with Gasteiger partial charge in [-0.05, 0) is 32.5 Å². The standard InChI is InChI=1S/C14H22N2O4S/c1-4-20-12-9-11(14(12)19-3)16-10-7-5-6-8-13(10)21(17,18)15-2/h5-8,11-12,14-16H,4,9H2,1-3H3. The van der Waals surface area contributed by atoms with Crippen LogP contribution in [0.5, 0.6) is 0 Å². The van der Waals surface area contributed by atoms with Crippen molar-refractivity contribution in [3.8, 4) is 0 Å². The van der Waals surface area contributed by atoms with Crippen LogP contribution in [0.4, 0.5) is 5.69 Å². The second kappa shape index (κ2) is 6.74. The van der Waals surface area contributed by atoms with Crippen molar-refractivity contribution in [3.63, 3.8) is 0 Å². The summed E-state index contributed by atoms with van der Waals surface area (Å²) in [5.41, 5.74) is 0.578. The quantitative estimate of drug-likeness (QED) is 0.791. The van der Waals surface area contributed by atoms with E-state index in [1.54, 1.807) is 31.4 Å². The number of anilines is 1. The van der Waals surface area contributed by atoms with Gasteiger partial charge in [-0.15, -0.1) is 0 Å². The van der Waals surface area contributed by atoms with Gasteiger partial charge < -0.3 is 14.8 Å². The van der Waals surface area contributed by atoms with E-state index in [0.717, 1.165) is 6.42 Å². The number of para-hydroxylation sites is 1. The van der Waals surface area contributed by atoms with Gasteiger partial charge in [-0.3, -0.25) is 0 Å². The molecule has 1 aromatic carbocycles. The molecule has 0 radical (unpaired) electrons. The van der Waals surface area contributed by atoms with Crippen LogP contribution in [0.25, 0.3) is 0 Å². The lowest BCUT2D eigenvalue weighted by Gasteiger charge is -2.44. The van der Waals surface area contributed by atoms with Gasteiger partial charge in [0.25, 0.3) is 0 Å². The van der Waals surface area contributed by atoms with Crippen molar-refractivity contribution >= 4 is 15.7 Å². The van der Waals surface area contributed by atoms with E-state index in [1.165, 1.54) is 7.05 Å². The highest BCUT2D eigenvalue weighted by molar-refractivity contribution is 7.89. The maximum atomic E-state index is 12.0. The summed E-state index contributed by atoms with van der Waals surface area (Å²) < 4.78 is 37.4. The van der Waals surface area contributed by atoms with Gasteiger partial charge in [-0.25, -0.2) is 13.1 Å². The van der Waals surface area contributed by atoms with E-state index in [0.29, 0.717) is 12.3 Å². The molecule has 0 aromatic heterocycles. The van der Waals surface area contributed by atoms with E-state index in [2.05, 4.69) is 10.0 Å². The van der Waals surface area contributed by atoms with Crippen LogP contribution in [0.1, 0.15) is 13.3 Å². The molecule has 1 aliphatic carbocycles. The summed E-state index contributed by atoms with van der Waals surface area (Å²) in [6.45, 7) is 2.59. The average molecular weight is 314 g/mol. The van der Waals surface area contributed by atoms with Crippen molar-refractivity contribution in [3.05, 3.63) is 24.3 Å². The highest BCUT2D eigenvalue weighted by Gasteiger charge is 2.42. The van der Waals surface area contributed by atoms with Crippen LogP contribution in [0.15, 0.2) is 29.2 Å². The molecule has 2 rings (SSSR count). The fraction of sp³-hybridized carbons (Fsp3) is 0.571. The summed E-state index contributed by atoms with van der Waals surface area (Å²) in [5.74, 6) is 0. The van der Waals surface area contributed by atoms with Crippen molar-refractivity contribution in [2.45, 2.75) is 36.5 Å². The molecule has 1 fully saturated rings. The van der Waals surface area contributed by atoms with Gasteiger partial charge in [-0.1, -0.05) is 12.1 Å². The van der Waals surface area contributed by atoms with Crippen LogP contribution < -0.4 is 10.0 Å². The van der Waals surface area contributed by atoms with Gasteiger partial charge in [0, 0.05) is 13.7 Å². The first-order chi connectivity index (χ1) is 10.0. The molecule has 0 saturated heterocycles. The third kappa shape index (κ3) is 3.37. The summed E-state index contributed by atoms with van der Waals surface area (Å²) in [6, 6.07) is 6.88. The number of rotatable bonds is 7. The molecule has 3 atom stereocenters. The first-order valence-electron chi connectivity index (χ1n) is 6.97. The fourth-order valence-electron chi connectivity index (χ4n) is 2.55. The number of benzene rings is 1. The third-order valence-corrected chi connectivity index (χ3v) is 5.16. The Morgan fingerprint density at radius 3 is 2.67 bits per heavy atom. The van der Waals surface area contributed by atoms with Crippen molar-refractivity contribution in [2.24, 2.45) is 0 Å². The van der Waals surface area contributed by atoms with E-state index >= 15 is 0 Å². The maximum Gasteiger partial charge on any atom is 0.242 e. The highest BCUT2D eigenvalue weighted by Crippen LogP contribution is 2.31. The molecule has 7 heteroatoms. The monoisotopic (exact) mass is 314 g/mol. The van der Waals surface area contributed by atoms with E-state index in [4.69, 9.17) is 9.47 Å². The van der Waals surface area contributed by atoms with E-state index < -0.39 is 10.0 Å². The molecular formula is C14H22N2O4S. The van der Waals surface area contributed by atoms with Gasteiger partial charge in [0.05, 0.1) is 17.8 Å². The average Bonchev–Trinajstić information content (AvgIpc) is 2.47. The van der Waals surface area contributed by atoms with Crippen LogP contribution in [0, 0.1) is 0 Å². The summed E-state index contributed by atoms with van der Waals surface area (Å²) in [6.07, 6.45) is 0.779. The number of nitrogens with one attached hydrogen (secondary N) is 2. The molecule has 2 N–H and O–H groups in total. The first kappa shape index (κ1) is 16.2. The van der Waals surface area contributed by atoms with E-state index in [9.17, 15) is 8.42 Å². The molecule has 6 nitrogen and oxygen atoms in total. The van der Waals surface area contributed by atoms with Crippen LogP contribution in [-0.4, -0.2) is 47.4 Å². The zero-order chi connectivity index (χ0) is 15.5. The minimum atomic E-state index is -3.49. The second-order valence-electron chi connectivity index (χ2n) is 4.88. The van der Waals surface area contributed by atoms with E-state index in [1.807, 2.05) is 6.92 Å². The smallest absolute Gasteiger partial charge is 0.242 e. The molecule has 118 valence electrons. The first-order valence-corrected chi connectivity index (χ1v) is 8.45. The Kier molecular flexibility index (Phi) is 5.21. The van der Waals surface area contributed by atoms with Crippen LogP contribution in [-0.2, 0) is 19.5 Å². The number of ether oxygens (including phenoxy) is 2. The van der Waals surface area contributed by atoms with Gasteiger partial charge in [0.2, 0.25) is 10.0 Å². The van der Waals surface area contributed by atoms with Crippen molar-refractivity contribution in [2.75, 3.05) is 26.1 Å². The van der Waals surface area contributed by atoms with Crippen LogP contribution in [0.2, 0.25) is 0 Å². The predicted molar refractivity (Wildman–Crippen MR) is 80.9 cm³/mol. The zero-order valence-electron chi connectivity index (χ0n) is 12.5. The molecular weight excluding hydrogens is 292 g/mol. The summed E-state index contributed by atoms with van der Waals surface area (Å²) in [7, 11) is -0.450. The Balaban J connectivity index is 2.15. The van der Waals surface area contributed by atoms with Gasteiger partial charge >= 0.3 is 0 Å². The van der Waals surface area contributed by atoms with Crippen LogP contribution >= 0.6 is 0 Å². The highest BCUT2D eigenvalue weighted by atomic mass is 32.2. The Hall–Kier alpha value is -1.15. The maximum absolute atomic E-state index is 12.0.